The Labute approximate surface area is 488 Å². The summed E-state index contributed by atoms with van der Waals surface area (Å²) in [6.07, 6.45) is 4.15. The van der Waals surface area contributed by atoms with E-state index in [0.717, 1.165) is 25.7 Å². The molecule has 0 aliphatic heterocycles. The van der Waals surface area contributed by atoms with Crippen LogP contribution in [-0.2, 0) is 51.6 Å². The molecular weight excluding hydrogens is 1070 g/mol. The Kier molecular flexibility index (Phi) is 3.73. The summed E-state index contributed by atoms with van der Waals surface area (Å²) in [5, 5.41) is 77.1. The van der Waals surface area contributed by atoms with Crippen molar-refractivity contribution in [3.8, 4) is 0 Å². The summed E-state index contributed by atoms with van der Waals surface area (Å²) < 4.78 is 11.3. The van der Waals surface area contributed by atoms with Gasteiger partial charge in [-0.25, -0.2) is 0 Å². The van der Waals surface area contributed by atoms with Gasteiger partial charge >= 0.3 is 11.9 Å². The molecule has 10 aliphatic carbocycles. The molecule has 0 amide bonds. The summed E-state index contributed by atoms with van der Waals surface area (Å²) in [6.45, 7) is 0. The minimum Gasteiger partial charge on any atom is -0.469 e. The maximum absolute atomic E-state index is 13.9. The highest BCUT2D eigenvalue weighted by atomic mass is 16.5. The van der Waals surface area contributed by atoms with Gasteiger partial charge in [0, 0.05) is 45.3 Å². The van der Waals surface area contributed by atoms with Crippen LogP contribution in [0.2, 0.25) is 0 Å². The molecule has 0 heterocycles. The lowest BCUT2D eigenvalue weighted by molar-refractivity contribution is -0.141. The zero-order valence-electron chi connectivity index (χ0n) is 46.6. The Morgan fingerprint density at radius 1 is 0.250 bits per heavy atom. The fourth-order valence-electron chi connectivity index (χ4n) is 31.5. The summed E-state index contributed by atoms with van der Waals surface area (Å²) >= 11 is 0. The maximum Gasteiger partial charge on any atom is 0.305 e. The van der Waals surface area contributed by atoms with Crippen LogP contribution in [0.1, 0.15) is 94.2 Å². The molecule has 26 aromatic carbocycles. The number of ether oxygens (including phenoxy) is 2. The highest BCUT2D eigenvalue weighted by Gasteiger charge is 2.96. The fraction of sp³-hybridized carbons (Fsp3) is 0.167. The van der Waals surface area contributed by atoms with Crippen LogP contribution in [0.25, 0.3) is 259 Å². The van der Waals surface area contributed by atoms with E-state index in [2.05, 4.69) is 60.7 Å². The third kappa shape index (κ3) is 2.08. The van der Waals surface area contributed by atoms with Gasteiger partial charge < -0.3 is 9.47 Å². The Balaban J connectivity index is 0.986. The first-order valence-corrected chi connectivity index (χ1v) is 32.9. The van der Waals surface area contributed by atoms with Crippen molar-refractivity contribution in [2.75, 3.05) is 14.2 Å². The monoisotopic (exact) mass is 1100 g/mol. The molecule has 2 fully saturated rings. The third-order valence-corrected chi connectivity index (χ3v) is 31.4. The van der Waals surface area contributed by atoms with Crippen molar-refractivity contribution in [2.24, 2.45) is 0 Å². The van der Waals surface area contributed by atoms with Crippen LogP contribution in [0, 0.1) is 0 Å². The molecule has 36 rings (SSSR count). The zero-order valence-corrected chi connectivity index (χ0v) is 46.6. The van der Waals surface area contributed by atoms with Gasteiger partial charge in [0.15, 0.2) is 0 Å². The Bertz CT molecular complexity index is 7850. The van der Waals surface area contributed by atoms with E-state index in [1.165, 1.54) is 11.1 Å². The number of rotatable bonds is 10. The van der Waals surface area contributed by atoms with Gasteiger partial charge in [0.25, 0.3) is 0 Å². The standard InChI is InChI=1S/C84H28O4/c1-87-21(85)15-9-17-79(19-11-5-3-6-12-19)81-71-55-39-27-25-23-24-26-28-30-35-45-33(26)43(31(23)39)59(71)61(45)73-63-47(35)38-42(30)58-56-40(28)32(24)44-34(25)46-36-29(27)41-37-48(36)64-68-52-49(37)65(75(81)57(41)55)69-53(52)54-51(67(63)77(69)83(73,79)81)50(38)66-70(54)78(68)84-74(64)62(46)60(44)72(56)82(84,76(58)66)80(84,18-10-16-22(86)88-2)20-13-7-4-8-14-20/h3-8,11-14H,9-10,15-18H2,1-2H3. The maximum atomic E-state index is 13.9. The highest BCUT2D eigenvalue weighted by Crippen LogP contribution is 3.00. The van der Waals surface area contributed by atoms with Gasteiger partial charge in [-0.15, -0.1) is 0 Å². The van der Waals surface area contributed by atoms with Crippen molar-refractivity contribution in [3.05, 3.63) is 116 Å². The van der Waals surface area contributed by atoms with Crippen molar-refractivity contribution in [1.82, 2.24) is 0 Å². The lowest BCUT2D eigenvalue weighted by atomic mass is 9.67. The lowest BCUT2D eigenvalue weighted by Crippen LogP contribution is -2.27. The van der Waals surface area contributed by atoms with Crippen molar-refractivity contribution in [3.63, 3.8) is 0 Å². The first-order valence-electron chi connectivity index (χ1n) is 32.9. The second kappa shape index (κ2) is 8.89. The van der Waals surface area contributed by atoms with Crippen LogP contribution in [0.5, 0.6) is 0 Å². The molecule has 0 radical (unpaired) electrons. The first kappa shape index (κ1) is 36.9. The quantitative estimate of drug-likeness (QED) is 0.101. The fourth-order valence-corrected chi connectivity index (χ4v) is 31.5. The number of methoxy groups -OCH3 is 2. The number of hydrogen-bond donors (Lipinski definition) is 0. The van der Waals surface area contributed by atoms with Crippen LogP contribution >= 0.6 is 0 Å². The van der Waals surface area contributed by atoms with E-state index in [-0.39, 0.29) is 11.9 Å². The van der Waals surface area contributed by atoms with E-state index in [1.807, 2.05) is 0 Å². The molecule has 6 atom stereocenters. The molecule has 4 nitrogen and oxygen atoms in total. The summed E-state index contributed by atoms with van der Waals surface area (Å²) in [7, 11) is 3.19. The topological polar surface area (TPSA) is 52.6 Å². The summed E-state index contributed by atoms with van der Waals surface area (Å²) in [6, 6.07) is 24.2. The number of hydrogen-bond acceptors (Lipinski definition) is 4. The molecular formula is C84H28O4. The van der Waals surface area contributed by atoms with Crippen molar-refractivity contribution in [2.45, 2.75) is 71.0 Å². The highest BCUT2D eigenvalue weighted by molar-refractivity contribution is 6.78. The predicted molar refractivity (Wildman–Crippen MR) is 355 cm³/mol. The molecule has 10 aliphatic rings. The number of benzene rings is 18. The number of carbonyl (C=O) groups is 2. The first-order chi connectivity index (χ1) is 43.6. The Hall–Kier alpha value is -9.90. The second-order valence-electron chi connectivity index (χ2n) is 31.4. The molecule has 6 unspecified atom stereocenters. The minimum atomic E-state index is -0.417. The molecule has 388 valence electrons. The van der Waals surface area contributed by atoms with Crippen LogP contribution in [0.15, 0.2) is 60.7 Å². The number of esters is 2. The molecule has 88 heavy (non-hydrogen) atoms. The molecule has 4 spiro atoms. The van der Waals surface area contributed by atoms with Crippen LogP contribution < -0.4 is 0 Å². The van der Waals surface area contributed by atoms with Gasteiger partial charge in [-0.1, -0.05) is 60.7 Å². The third-order valence-electron chi connectivity index (χ3n) is 31.4. The van der Waals surface area contributed by atoms with Gasteiger partial charge in [0.1, 0.15) is 0 Å². The van der Waals surface area contributed by atoms with E-state index in [0.29, 0.717) is 12.8 Å². The molecule has 4 heteroatoms. The van der Waals surface area contributed by atoms with Crippen LogP contribution in [-0.4, -0.2) is 26.2 Å². The minimum absolute atomic E-state index is 0.0974. The predicted octanol–water partition coefficient (Wildman–Crippen LogP) is 19.4. The van der Waals surface area contributed by atoms with Crippen molar-refractivity contribution in [1.29, 1.82) is 0 Å². The van der Waals surface area contributed by atoms with Crippen molar-refractivity contribution >= 4 is 270 Å². The van der Waals surface area contributed by atoms with Gasteiger partial charge in [-0.05, 0) is 340 Å². The van der Waals surface area contributed by atoms with E-state index in [9.17, 15) is 9.59 Å². The summed E-state index contributed by atoms with van der Waals surface area (Å²) in [4.78, 5) is 27.8. The SMILES string of the molecule is COC(=O)CCCC1(c2ccccc2)C23c4c5c6c7c8c9c(c%10c%11c2c2c4c4c%12c%13c%14c%15c%16c%17c%18c%19c%20c%21c%22c(c%13c4c4c2c2c%11c%11c%10c%10c9c9c%13c8c(c6c%15c5%12)c%16c%13c%18c5c%19c6c%21c(c2c%224)c%11c6c%10c59)C%202C(CCCC(=O)OC)(c4ccccc4)C%14%172)C713. The van der Waals surface area contributed by atoms with E-state index < -0.39 is 32.5 Å². The van der Waals surface area contributed by atoms with E-state index in [1.54, 1.807) is 317 Å². The summed E-state index contributed by atoms with van der Waals surface area (Å²) in [5.41, 5.74) is 14.0. The molecule has 0 N–H and O–H groups in total. The van der Waals surface area contributed by atoms with Gasteiger partial charge in [-0.2, -0.15) is 0 Å². The zero-order chi connectivity index (χ0) is 54.4. The molecule has 0 bridgehead atoms. The second-order valence-corrected chi connectivity index (χ2v) is 31.4. The normalized spacial score (nSPS) is 27.4. The number of carbonyl (C=O) groups excluding carboxylic acids is 2. The van der Waals surface area contributed by atoms with E-state index in [4.69, 9.17) is 9.47 Å². The van der Waals surface area contributed by atoms with Crippen LogP contribution in [0.3, 0.4) is 0 Å². The van der Waals surface area contributed by atoms with Crippen LogP contribution in [0.4, 0.5) is 0 Å². The Morgan fingerprint density at radius 2 is 0.409 bits per heavy atom. The van der Waals surface area contributed by atoms with Gasteiger partial charge in [0.05, 0.1) is 14.2 Å². The van der Waals surface area contributed by atoms with E-state index >= 15 is 0 Å². The molecule has 0 saturated heterocycles. The summed E-state index contributed by atoms with van der Waals surface area (Å²) in [5.74, 6) is -0.195. The molecule has 26 aromatic rings. The van der Waals surface area contributed by atoms with Gasteiger partial charge in [0.2, 0.25) is 0 Å². The molecule has 0 aromatic heterocycles. The van der Waals surface area contributed by atoms with Gasteiger partial charge in [-0.3, -0.25) is 9.59 Å². The van der Waals surface area contributed by atoms with Crippen molar-refractivity contribution < 1.29 is 19.1 Å². The largest absolute Gasteiger partial charge is 0.469 e. The average molecular weight is 1100 g/mol. The Morgan fingerprint density at radius 3 is 0.568 bits per heavy atom. The lowest BCUT2D eigenvalue weighted by Gasteiger charge is -2.33. The molecule has 2 saturated carbocycles. The smallest absolute Gasteiger partial charge is 0.305 e. The average Bonchev–Trinajstić information content (AvgIpc) is 1.35.